The Bertz CT molecular complexity index is 1020. The van der Waals surface area contributed by atoms with Gasteiger partial charge in [0, 0.05) is 5.38 Å². The summed E-state index contributed by atoms with van der Waals surface area (Å²) in [5, 5.41) is 2.58. The first kappa shape index (κ1) is 18.2. The molecular formula is C18H16F3N3OS. The third-order valence-electron chi connectivity index (χ3n) is 3.94. The van der Waals surface area contributed by atoms with Crippen LogP contribution in [-0.2, 0) is 12.7 Å². The van der Waals surface area contributed by atoms with Gasteiger partial charge in [-0.15, -0.1) is 11.3 Å². The maximum absolute atomic E-state index is 13.3. The Balaban J connectivity index is 2.27. The summed E-state index contributed by atoms with van der Waals surface area (Å²) in [7, 11) is 0. The van der Waals surface area contributed by atoms with Crippen molar-refractivity contribution in [1.29, 1.82) is 0 Å². The van der Waals surface area contributed by atoms with Crippen LogP contribution in [0.3, 0.4) is 0 Å². The molecule has 136 valence electrons. The molecule has 2 aromatic heterocycles. The Morgan fingerprint density at radius 1 is 1.23 bits per heavy atom. The third-order valence-corrected chi connectivity index (χ3v) is 4.77. The Hall–Kier alpha value is -2.61. The number of anilines is 1. The fourth-order valence-corrected chi connectivity index (χ4v) is 3.34. The maximum atomic E-state index is 13.3. The number of hydrogen-bond donors (Lipinski definition) is 1. The molecule has 3 rings (SSSR count). The summed E-state index contributed by atoms with van der Waals surface area (Å²) < 4.78 is 41.2. The van der Waals surface area contributed by atoms with Crippen molar-refractivity contribution in [2.24, 2.45) is 0 Å². The van der Waals surface area contributed by atoms with E-state index in [9.17, 15) is 18.0 Å². The van der Waals surface area contributed by atoms with Crippen LogP contribution < -0.4 is 11.3 Å². The Kier molecular flexibility index (Phi) is 4.62. The van der Waals surface area contributed by atoms with E-state index >= 15 is 0 Å². The minimum atomic E-state index is -4.71. The summed E-state index contributed by atoms with van der Waals surface area (Å²) in [6.07, 6.45) is -4.71. The molecule has 0 aliphatic carbocycles. The summed E-state index contributed by atoms with van der Waals surface area (Å²) in [4.78, 5) is 16.9. The van der Waals surface area contributed by atoms with Crippen LogP contribution in [0.4, 0.5) is 18.9 Å². The quantitative estimate of drug-likeness (QED) is 0.741. The Labute approximate surface area is 151 Å². The zero-order valence-corrected chi connectivity index (χ0v) is 14.9. The van der Waals surface area contributed by atoms with Crippen LogP contribution in [0.1, 0.15) is 21.8 Å². The van der Waals surface area contributed by atoms with Gasteiger partial charge in [-0.3, -0.25) is 4.79 Å². The van der Waals surface area contributed by atoms with Crippen molar-refractivity contribution >= 4 is 17.0 Å². The van der Waals surface area contributed by atoms with Gasteiger partial charge in [0.1, 0.15) is 5.69 Å². The molecule has 0 spiro atoms. The van der Waals surface area contributed by atoms with Crippen LogP contribution >= 0.6 is 11.3 Å². The second kappa shape index (κ2) is 6.60. The second-order valence-electron chi connectivity index (χ2n) is 5.97. The summed E-state index contributed by atoms with van der Waals surface area (Å²) in [5.41, 5.74) is 4.88. The fraction of sp³-hybridized carbons (Fsp3) is 0.222. The highest BCUT2D eigenvalue weighted by Crippen LogP contribution is 2.35. The molecule has 0 bridgehead atoms. The van der Waals surface area contributed by atoms with E-state index in [0.717, 1.165) is 16.6 Å². The normalized spacial score (nSPS) is 11.7. The molecule has 0 saturated heterocycles. The van der Waals surface area contributed by atoms with E-state index in [1.165, 1.54) is 15.9 Å². The topological polar surface area (TPSA) is 60.9 Å². The molecule has 0 atom stereocenters. The van der Waals surface area contributed by atoms with Gasteiger partial charge in [-0.2, -0.15) is 13.2 Å². The number of thiazole rings is 1. The van der Waals surface area contributed by atoms with Gasteiger partial charge < -0.3 is 10.3 Å². The average Bonchev–Trinajstić information content (AvgIpc) is 2.96. The number of aryl methyl sites for hydroxylation is 2. The highest BCUT2D eigenvalue weighted by Gasteiger charge is 2.35. The number of benzene rings is 1. The molecule has 4 nitrogen and oxygen atoms in total. The fourth-order valence-electron chi connectivity index (χ4n) is 2.74. The number of pyridine rings is 1. The summed E-state index contributed by atoms with van der Waals surface area (Å²) in [6, 6.07) is 7.90. The van der Waals surface area contributed by atoms with Crippen molar-refractivity contribution in [2.75, 3.05) is 5.73 Å². The molecular weight excluding hydrogens is 363 g/mol. The number of nitrogen functional groups attached to an aromatic ring is 1. The molecule has 3 aromatic rings. The lowest BCUT2D eigenvalue weighted by atomic mass is 10.0. The van der Waals surface area contributed by atoms with Crippen molar-refractivity contribution in [1.82, 2.24) is 9.55 Å². The number of rotatable bonds is 3. The molecule has 2 N–H and O–H groups in total. The monoisotopic (exact) mass is 379 g/mol. The van der Waals surface area contributed by atoms with E-state index in [4.69, 9.17) is 5.73 Å². The summed E-state index contributed by atoms with van der Waals surface area (Å²) in [6.45, 7) is 3.70. The van der Waals surface area contributed by atoms with E-state index in [1.54, 1.807) is 23.6 Å². The van der Waals surface area contributed by atoms with E-state index in [1.807, 2.05) is 19.9 Å². The van der Waals surface area contributed by atoms with Crippen LogP contribution in [0.15, 0.2) is 40.5 Å². The average molecular weight is 379 g/mol. The molecule has 0 amide bonds. The molecule has 0 aliphatic rings. The highest BCUT2D eigenvalue weighted by molar-refractivity contribution is 7.09. The Morgan fingerprint density at radius 3 is 2.54 bits per heavy atom. The minimum absolute atomic E-state index is 0.0504. The second-order valence-corrected chi connectivity index (χ2v) is 7.04. The van der Waals surface area contributed by atoms with E-state index < -0.39 is 23.0 Å². The first-order valence-corrected chi connectivity index (χ1v) is 8.63. The number of nitrogens with zero attached hydrogens (tertiary/aromatic N) is 2. The molecule has 8 heteroatoms. The maximum Gasteiger partial charge on any atom is 0.418 e. The predicted molar refractivity (Wildman–Crippen MR) is 96.2 cm³/mol. The van der Waals surface area contributed by atoms with Crippen LogP contribution in [0.25, 0.3) is 11.3 Å². The molecule has 0 fully saturated rings. The van der Waals surface area contributed by atoms with Crippen LogP contribution in [0, 0.1) is 13.8 Å². The third kappa shape index (κ3) is 3.50. The largest absolute Gasteiger partial charge is 0.418 e. The van der Waals surface area contributed by atoms with Crippen molar-refractivity contribution in [3.05, 3.63) is 67.9 Å². The predicted octanol–water partition coefficient (Wildman–Crippen LogP) is 4.24. The summed E-state index contributed by atoms with van der Waals surface area (Å²) in [5.74, 6) is 0. The molecule has 0 unspecified atom stereocenters. The van der Waals surface area contributed by atoms with E-state index in [0.29, 0.717) is 11.3 Å². The SMILES string of the molecule is Cc1cccc(-c2cc(C(F)(F)F)c(N)c(=O)n2Cc2csc(C)n2)c1. The number of nitrogens with two attached hydrogens (primary N) is 1. The van der Waals surface area contributed by atoms with Crippen LogP contribution in [0.2, 0.25) is 0 Å². The van der Waals surface area contributed by atoms with Gasteiger partial charge in [0.25, 0.3) is 5.56 Å². The molecule has 26 heavy (non-hydrogen) atoms. The van der Waals surface area contributed by atoms with Gasteiger partial charge >= 0.3 is 6.18 Å². The van der Waals surface area contributed by atoms with Gasteiger partial charge in [-0.25, -0.2) is 4.98 Å². The number of hydrogen-bond acceptors (Lipinski definition) is 4. The zero-order valence-electron chi connectivity index (χ0n) is 14.1. The van der Waals surface area contributed by atoms with Gasteiger partial charge in [0.05, 0.1) is 28.5 Å². The summed E-state index contributed by atoms with van der Waals surface area (Å²) >= 11 is 1.41. The minimum Gasteiger partial charge on any atom is -0.394 e. The lowest BCUT2D eigenvalue weighted by Gasteiger charge is -2.18. The molecule has 1 aromatic carbocycles. The van der Waals surface area contributed by atoms with Crippen molar-refractivity contribution in [2.45, 2.75) is 26.6 Å². The zero-order chi connectivity index (χ0) is 19.1. The first-order chi connectivity index (χ1) is 12.2. The van der Waals surface area contributed by atoms with Crippen molar-refractivity contribution in [3.8, 4) is 11.3 Å². The lowest BCUT2D eigenvalue weighted by molar-refractivity contribution is -0.137. The Morgan fingerprint density at radius 2 is 1.96 bits per heavy atom. The van der Waals surface area contributed by atoms with Gasteiger partial charge in [0.2, 0.25) is 0 Å². The van der Waals surface area contributed by atoms with Gasteiger partial charge in [-0.1, -0.05) is 23.8 Å². The van der Waals surface area contributed by atoms with E-state index in [2.05, 4.69) is 4.98 Å². The van der Waals surface area contributed by atoms with Crippen molar-refractivity contribution < 1.29 is 13.2 Å². The number of aromatic nitrogens is 2. The highest BCUT2D eigenvalue weighted by atomic mass is 32.1. The van der Waals surface area contributed by atoms with E-state index in [-0.39, 0.29) is 12.2 Å². The van der Waals surface area contributed by atoms with Gasteiger partial charge in [0.15, 0.2) is 0 Å². The molecule has 2 heterocycles. The van der Waals surface area contributed by atoms with Crippen LogP contribution in [0.5, 0.6) is 0 Å². The smallest absolute Gasteiger partial charge is 0.394 e. The lowest BCUT2D eigenvalue weighted by Crippen LogP contribution is -2.28. The molecule has 0 radical (unpaired) electrons. The molecule has 0 aliphatic heterocycles. The van der Waals surface area contributed by atoms with Crippen molar-refractivity contribution in [3.63, 3.8) is 0 Å². The van der Waals surface area contributed by atoms with Gasteiger partial charge in [-0.05, 0) is 31.5 Å². The standard InChI is InChI=1S/C18H16F3N3OS/c1-10-4-3-5-12(6-10)15-7-14(18(19,20)21)16(22)17(25)24(15)8-13-9-26-11(2)23-13/h3-7,9H,8,22H2,1-2H3. The number of halogens is 3. The molecule has 0 saturated carbocycles. The van der Waals surface area contributed by atoms with Crippen LogP contribution in [-0.4, -0.2) is 9.55 Å². The number of alkyl halides is 3. The first-order valence-electron chi connectivity index (χ1n) is 7.75.